The molecule has 12 heavy (non-hydrogen) atoms. The highest BCUT2D eigenvalue weighted by Gasteiger charge is 2.23. The van der Waals surface area contributed by atoms with Crippen molar-refractivity contribution in [3.8, 4) is 0 Å². The molecule has 1 heterocycles. The van der Waals surface area contributed by atoms with Gasteiger partial charge in [0.05, 0.1) is 0 Å². The molecule has 0 aliphatic carbocycles. The molecule has 0 radical (unpaired) electrons. The number of halogens is 4. The van der Waals surface area contributed by atoms with Crippen molar-refractivity contribution in [2.75, 3.05) is 0 Å². The van der Waals surface area contributed by atoms with E-state index < -0.39 is 19.1 Å². The average molecular weight is 178 g/mol. The van der Waals surface area contributed by atoms with Crippen molar-refractivity contribution in [2.24, 2.45) is 0 Å². The Bertz CT molecular complexity index is 272. The maximum atomic E-state index is 12.3. The van der Waals surface area contributed by atoms with Crippen molar-refractivity contribution in [1.29, 1.82) is 0 Å². The number of pyridine rings is 1. The molecule has 0 atom stereocenters. The molecule has 66 valence electrons. The number of nitrogens with zero attached hydrogens (tertiary/aromatic N) is 1. The van der Waals surface area contributed by atoms with Gasteiger partial charge in [-0.25, -0.2) is 4.39 Å². The molecule has 0 fully saturated rings. The van der Waals surface area contributed by atoms with Crippen molar-refractivity contribution in [3.63, 3.8) is 0 Å². The van der Waals surface area contributed by atoms with E-state index in [-0.39, 0.29) is 5.69 Å². The minimum Gasteiger partial charge on any atom is -0.449 e. The van der Waals surface area contributed by atoms with E-state index in [0.29, 0.717) is 0 Å². The predicted octanol–water partition coefficient (Wildman–Crippen LogP) is 2.15. The summed E-state index contributed by atoms with van der Waals surface area (Å²) >= 11 is 0. The molecule has 0 saturated carbocycles. The maximum Gasteiger partial charge on any atom is 0.484 e. The van der Waals surface area contributed by atoms with Gasteiger partial charge < -0.3 is 12.9 Å². The van der Waals surface area contributed by atoms with Crippen LogP contribution in [0.5, 0.6) is 0 Å². The third kappa shape index (κ3) is 2.90. The van der Waals surface area contributed by atoms with Gasteiger partial charge in [-0.05, 0) is 18.5 Å². The Balaban J connectivity index is 2.77. The molecule has 0 amide bonds. The number of rotatable bonds is 2. The third-order valence-electron chi connectivity index (χ3n) is 1.22. The van der Waals surface area contributed by atoms with Gasteiger partial charge in [0, 0.05) is 11.9 Å². The standard InChI is InChI=1S/C6H5BF4N/c8-5-1-2-12-6(3-5)4-7(9,10)11/h1-3H,4H2/q-1. The Morgan fingerprint density at radius 3 is 2.50 bits per heavy atom. The van der Waals surface area contributed by atoms with E-state index in [2.05, 4.69) is 4.98 Å². The van der Waals surface area contributed by atoms with Gasteiger partial charge in [0.15, 0.2) is 0 Å². The van der Waals surface area contributed by atoms with Gasteiger partial charge in [0.25, 0.3) is 0 Å². The monoisotopic (exact) mass is 178 g/mol. The second kappa shape index (κ2) is 3.12. The van der Waals surface area contributed by atoms with E-state index in [1.165, 1.54) is 0 Å². The van der Waals surface area contributed by atoms with Gasteiger partial charge in [-0.3, -0.25) is 4.98 Å². The lowest BCUT2D eigenvalue weighted by Crippen LogP contribution is -2.20. The minimum atomic E-state index is -4.93. The molecule has 1 nitrogen and oxygen atoms in total. The van der Waals surface area contributed by atoms with Crippen molar-refractivity contribution in [1.82, 2.24) is 4.98 Å². The number of hydrogen-bond acceptors (Lipinski definition) is 1. The van der Waals surface area contributed by atoms with Gasteiger partial charge in [0.1, 0.15) is 5.82 Å². The van der Waals surface area contributed by atoms with Crippen LogP contribution in [0.1, 0.15) is 5.69 Å². The van der Waals surface area contributed by atoms with Gasteiger partial charge in [-0.2, -0.15) is 0 Å². The zero-order valence-corrected chi connectivity index (χ0v) is 5.98. The summed E-state index contributed by atoms with van der Waals surface area (Å²) in [7, 11) is 0. The first-order valence-electron chi connectivity index (χ1n) is 3.29. The topological polar surface area (TPSA) is 12.9 Å². The van der Waals surface area contributed by atoms with Crippen LogP contribution in [0.3, 0.4) is 0 Å². The highest BCUT2D eigenvalue weighted by molar-refractivity contribution is 6.57. The Kier molecular flexibility index (Phi) is 2.35. The lowest BCUT2D eigenvalue weighted by atomic mass is 9.84. The Morgan fingerprint density at radius 1 is 1.33 bits per heavy atom. The Hall–Kier alpha value is -1.07. The number of aromatic nitrogens is 1. The zero-order chi connectivity index (χ0) is 9.19. The molecular formula is C6H5BF4N-. The quantitative estimate of drug-likeness (QED) is 0.499. The first-order chi connectivity index (χ1) is 5.47. The van der Waals surface area contributed by atoms with Crippen LogP contribution in [0.15, 0.2) is 18.3 Å². The third-order valence-corrected chi connectivity index (χ3v) is 1.22. The van der Waals surface area contributed by atoms with Crippen LogP contribution in [0.2, 0.25) is 0 Å². The van der Waals surface area contributed by atoms with Crippen LogP contribution >= 0.6 is 0 Å². The summed E-state index contributed by atoms with van der Waals surface area (Å²) in [6.07, 6.45) is -0.107. The van der Waals surface area contributed by atoms with Crippen LogP contribution in [0.4, 0.5) is 17.3 Å². The first kappa shape index (κ1) is 9.03. The van der Waals surface area contributed by atoms with Crippen molar-refractivity contribution in [2.45, 2.75) is 6.32 Å². The molecule has 0 aliphatic heterocycles. The SMILES string of the molecule is Fc1ccnc(C[B-](F)(F)F)c1. The van der Waals surface area contributed by atoms with E-state index in [9.17, 15) is 17.3 Å². The van der Waals surface area contributed by atoms with Crippen molar-refractivity contribution < 1.29 is 17.3 Å². The normalized spacial score (nSPS) is 11.7. The Labute approximate surface area is 66.5 Å². The fraction of sp³-hybridized carbons (Fsp3) is 0.167. The summed E-state index contributed by atoms with van der Waals surface area (Å²) in [6.45, 7) is -4.93. The van der Waals surface area contributed by atoms with Crippen LogP contribution in [0.25, 0.3) is 0 Å². The van der Waals surface area contributed by atoms with E-state index in [1.54, 1.807) is 0 Å². The van der Waals surface area contributed by atoms with E-state index in [0.717, 1.165) is 18.3 Å². The fourth-order valence-electron chi connectivity index (χ4n) is 0.798. The van der Waals surface area contributed by atoms with Crippen LogP contribution in [0, 0.1) is 5.82 Å². The molecule has 0 aliphatic rings. The van der Waals surface area contributed by atoms with E-state index in [1.807, 2.05) is 0 Å². The largest absolute Gasteiger partial charge is 0.484 e. The number of hydrogen-bond donors (Lipinski definition) is 0. The molecule has 1 aromatic heterocycles. The fourth-order valence-corrected chi connectivity index (χ4v) is 0.798. The highest BCUT2D eigenvalue weighted by Crippen LogP contribution is 2.14. The minimum absolute atomic E-state index is 0.275. The van der Waals surface area contributed by atoms with Crippen molar-refractivity contribution >= 4 is 6.98 Å². The van der Waals surface area contributed by atoms with E-state index >= 15 is 0 Å². The van der Waals surface area contributed by atoms with Gasteiger partial charge >= 0.3 is 6.98 Å². The summed E-state index contributed by atoms with van der Waals surface area (Å²) in [4.78, 5) is 3.38. The van der Waals surface area contributed by atoms with Gasteiger partial charge in [-0.15, -0.1) is 0 Å². The summed E-state index contributed by atoms with van der Waals surface area (Å²) in [6, 6.07) is 1.79. The first-order valence-corrected chi connectivity index (χ1v) is 3.29. The molecule has 1 aromatic rings. The predicted molar refractivity (Wildman–Crippen MR) is 37.0 cm³/mol. The smallest absolute Gasteiger partial charge is 0.449 e. The molecule has 6 heteroatoms. The zero-order valence-electron chi connectivity index (χ0n) is 5.98. The summed E-state index contributed by atoms with van der Waals surface area (Å²) < 4.78 is 47.7. The summed E-state index contributed by atoms with van der Waals surface area (Å²) in [5.74, 6) is -0.694. The average Bonchev–Trinajstić information content (AvgIpc) is 1.82. The molecule has 1 rings (SSSR count). The summed E-state index contributed by atoms with van der Waals surface area (Å²) in [5, 5.41) is 0. The van der Waals surface area contributed by atoms with Gasteiger partial charge in [-0.1, -0.05) is 0 Å². The Morgan fingerprint density at radius 2 is 2.00 bits per heavy atom. The molecule has 0 saturated heterocycles. The van der Waals surface area contributed by atoms with Crippen LogP contribution < -0.4 is 0 Å². The second-order valence-corrected chi connectivity index (χ2v) is 2.38. The molecule has 0 spiro atoms. The maximum absolute atomic E-state index is 12.3. The highest BCUT2D eigenvalue weighted by atomic mass is 19.4. The lowest BCUT2D eigenvalue weighted by Gasteiger charge is -2.11. The molecule has 0 unspecified atom stereocenters. The molecule has 0 N–H and O–H groups in total. The van der Waals surface area contributed by atoms with Crippen molar-refractivity contribution in [3.05, 3.63) is 29.8 Å². The second-order valence-electron chi connectivity index (χ2n) is 2.38. The van der Waals surface area contributed by atoms with Crippen LogP contribution in [-0.2, 0) is 6.32 Å². The lowest BCUT2D eigenvalue weighted by molar-refractivity contribution is 0.466. The molecule has 0 aromatic carbocycles. The summed E-state index contributed by atoms with van der Waals surface area (Å²) in [5.41, 5.74) is -0.275. The van der Waals surface area contributed by atoms with Crippen LogP contribution in [-0.4, -0.2) is 12.0 Å². The van der Waals surface area contributed by atoms with Gasteiger partial charge in [0.2, 0.25) is 0 Å². The van der Waals surface area contributed by atoms with E-state index in [4.69, 9.17) is 0 Å². The molecular weight excluding hydrogens is 173 g/mol. The molecule has 0 bridgehead atoms.